The lowest BCUT2D eigenvalue weighted by molar-refractivity contribution is -0.143. The predicted molar refractivity (Wildman–Crippen MR) is 108 cm³/mol. The molecule has 2 aromatic rings. The van der Waals surface area contributed by atoms with Gasteiger partial charge in [-0.05, 0) is 32.0 Å². The molecule has 5 atom stereocenters. The lowest BCUT2D eigenvalue weighted by Crippen LogP contribution is -2.41. The molecule has 0 radical (unpaired) electrons. The molecule has 0 aliphatic carbocycles. The maximum atomic E-state index is 13.8. The maximum absolute atomic E-state index is 13.8. The molecule has 0 spiro atoms. The Morgan fingerprint density at radius 2 is 1.94 bits per heavy atom. The molecule has 1 aromatic carbocycles. The van der Waals surface area contributed by atoms with Gasteiger partial charge < -0.3 is 15.2 Å². The van der Waals surface area contributed by atoms with Crippen LogP contribution in [0.25, 0.3) is 0 Å². The number of amides is 1. The van der Waals surface area contributed by atoms with Crippen LogP contribution in [0.4, 0.5) is 32.0 Å². The first-order chi connectivity index (χ1) is 16.2. The number of aromatic nitrogens is 2. The van der Waals surface area contributed by atoms with E-state index in [-0.39, 0.29) is 17.5 Å². The molecule has 13 heteroatoms. The summed E-state index contributed by atoms with van der Waals surface area (Å²) < 4.78 is 87.7. The van der Waals surface area contributed by atoms with Gasteiger partial charge in [-0.25, -0.2) is 0 Å². The highest BCUT2D eigenvalue weighted by atomic mass is 19.4. The molecule has 1 amide bonds. The van der Waals surface area contributed by atoms with Gasteiger partial charge in [0.05, 0.1) is 41.0 Å². The van der Waals surface area contributed by atoms with E-state index in [9.17, 15) is 41.5 Å². The third-order valence-electron chi connectivity index (χ3n) is 6.27. The number of hydrogen-bond donors (Lipinski definition) is 2. The third-order valence-corrected chi connectivity index (χ3v) is 6.27. The van der Waals surface area contributed by atoms with Gasteiger partial charge in [0.1, 0.15) is 6.07 Å². The zero-order chi connectivity index (χ0) is 25.9. The summed E-state index contributed by atoms with van der Waals surface area (Å²) in [5, 5.41) is 25.5. The summed E-state index contributed by atoms with van der Waals surface area (Å²) in [5.74, 6) is -3.45. The number of nitrogens with zero attached hydrogens (tertiary/aromatic N) is 3. The van der Waals surface area contributed by atoms with E-state index in [1.54, 1.807) is 19.9 Å². The Bertz CT molecular complexity index is 1180. The Kier molecular flexibility index (Phi) is 6.09. The fourth-order valence-corrected chi connectivity index (χ4v) is 4.69. The molecule has 2 aliphatic heterocycles. The summed E-state index contributed by atoms with van der Waals surface area (Å²) >= 11 is 0. The minimum Gasteiger partial charge on any atom is -0.390 e. The zero-order valence-electron chi connectivity index (χ0n) is 18.4. The fourth-order valence-electron chi connectivity index (χ4n) is 4.69. The number of nitriles is 1. The number of ether oxygens (including phenoxy) is 1. The molecule has 3 heterocycles. The van der Waals surface area contributed by atoms with Crippen molar-refractivity contribution in [2.24, 2.45) is 5.92 Å². The van der Waals surface area contributed by atoms with Crippen LogP contribution in [0.15, 0.2) is 24.4 Å². The fraction of sp³-hybridized carbons (Fsp3) is 0.500. The van der Waals surface area contributed by atoms with Crippen LogP contribution in [0.1, 0.15) is 54.6 Å². The quantitative estimate of drug-likeness (QED) is 0.610. The number of alkyl halides is 6. The van der Waals surface area contributed by atoms with Crippen molar-refractivity contribution in [2.45, 2.75) is 62.9 Å². The SMILES string of the molecule is CC(C)n1cc([C@H]2[C@H]3O[C@H](C[C@@H]3O)[C@@H]2C(=O)Nc2cc(C(F)(F)F)ccc2C#N)c(C(F)(F)F)n1. The first kappa shape index (κ1) is 25.0. The highest BCUT2D eigenvalue weighted by molar-refractivity contribution is 5.95. The number of nitrogens with one attached hydrogen (secondary N) is 1. The van der Waals surface area contributed by atoms with Gasteiger partial charge in [0.15, 0.2) is 5.69 Å². The summed E-state index contributed by atoms with van der Waals surface area (Å²) in [6, 6.07) is 3.41. The Morgan fingerprint density at radius 1 is 1.26 bits per heavy atom. The zero-order valence-corrected chi connectivity index (χ0v) is 18.4. The molecular weight excluding hydrogens is 482 g/mol. The van der Waals surface area contributed by atoms with Crippen molar-refractivity contribution in [3.05, 3.63) is 46.8 Å². The summed E-state index contributed by atoms with van der Waals surface area (Å²) in [5.41, 5.74) is -3.37. The van der Waals surface area contributed by atoms with Crippen molar-refractivity contribution in [3.63, 3.8) is 0 Å². The molecule has 2 fully saturated rings. The van der Waals surface area contributed by atoms with E-state index in [1.807, 2.05) is 0 Å². The van der Waals surface area contributed by atoms with Crippen LogP contribution in [0.2, 0.25) is 0 Å². The summed E-state index contributed by atoms with van der Waals surface area (Å²) in [6.45, 7) is 3.23. The number of anilines is 1. The molecule has 0 unspecified atom stereocenters. The second kappa shape index (κ2) is 8.53. The van der Waals surface area contributed by atoms with Gasteiger partial charge in [0.2, 0.25) is 5.91 Å². The van der Waals surface area contributed by atoms with E-state index in [4.69, 9.17) is 4.74 Å². The Morgan fingerprint density at radius 3 is 2.51 bits per heavy atom. The molecule has 188 valence electrons. The van der Waals surface area contributed by atoms with Crippen molar-refractivity contribution < 1.29 is 41.0 Å². The van der Waals surface area contributed by atoms with Gasteiger partial charge in [-0.2, -0.15) is 36.7 Å². The number of carbonyl (C=O) groups is 1. The van der Waals surface area contributed by atoms with Gasteiger partial charge in [-0.1, -0.05) is 0 Å². The molecule has 2 aliphatic rings. The molecule has 2 bridgehead atoms. The molecular formula is C22H20F6N4O3. The van der Waals surface area contributed by atoms with Gasteiger partial charge in [-0.15, -0.1) is 0 Å². The summed E-state index contributed by atoms with van der Waals surface area (Å²) in [7, 11) is 0. The molecule has 4 rings (SSSR count). The monoisotopic (exact) mass is 502 g/mol. The number of aliphatic hydroxyl groups excluding tert-OH is 1. The number of aliphatic hydroxyl groups is 1. The first-order valence-corrected chi connectivity index (χ1v) is 10.6. The van der Waals surface area contributed by atoms with Gasteiger partial charge in [0.25, 0.3) is 0 Å². The standard InChI is InChI=1S/C22H20F6N4O3/c1-9(2)32-8-12(19(31-32)22(26,27)28)16-17(15-6-14(33)18(16)35-15)20(34)30-13-5-11(21(23,24)25)4-3-10(13)7-29/h3-5,8-9,14-18,33H,6H2,1-2H3,(H,30,34)/t14-,15+,16+,17-,18-/m0/s1. The van der Waals surface area contributed by atoms with Crippen LogP contribution in [-0.4, -0.2) is 39.1 Å². The molecule has 0 saturated carbocycles. The summed E-state index contributed by atoms with van der Waals surface area (Å²) in [6.07, 6.45) is -11.7. The maximum Gasteiger partial charge on any atom is 0.435 e. The minimum atomic E-state index is -4.86. The van der Waals surface area contributed by atoms with Gasteiger partial charge in [0, 0.05) is 30.1 Å². The van der Waals surface area contributed by atoms with Crippen molar-refractivity contribution in [3.8, 4) is 6.07 Å². The largest absolute Gasteiger partial charge is 0.435 e. The highest BCUT2D eigenvalue weighted by Gasteiger charge is 2.59. The predicted octanol–water partition coefficient (Wildman–Crippen LogP) is 4.24. The van der Waals surface area contributed by atoms with E-state index in [0.717, 1.165) is 16.9 Å². The van der Waals surface area contributed by atoms with E-state index in [2.05, 4.69) is 10.4 Å². The van der Waals surface area contributed by atoms with Crippen LogP contribution < -0.4 is 5.32 Å². The van der Waals surface area contributed by atoms with Crippen molar-refractivity contribution >= 4 is 11.6 Å². The topological polar surface area (TPSA) is 100 Å². The average Bonchev–Trinajstić information content (AvgIpc) is 3.44. The van der Waals surface area contributed by atoms with Crippen LogP contribution in [0.5, 0.6) is 0 Å². The van der Waals surface area contributed by atoms with E-state index in [1.165, 1.54) is 0 Å². The first-order valence-electron chi connectivity index (χ1n) is 10.6. The smallest absolute Gasteiger partial charge is 0.390 e. The van der Waals surface area contributed by atoms with Crippen molar-refractivity contribution in [1.29, 1.82) is 5.26 Å². The van der Waals surface area contributed by atoms with Gasteiger partial charge >= 0.3 is 12.4 Å². The minimum absolute atomic E-state index is 0.0351. The molecule has 7 nitrogen and oxygen atoms in total. The normalized spacial score (nSPS) is 26.3. The number of hydrogen-bond acceptors (Lipinski definition) is 5. The van der Waals surface area contributed by atoms with Crippen LogP contribution >= 0.6 is 0 Å². The Labute approximate surface area is 195 Å². The van der Waals surface area contributed by atoms with Crippen LogP contribution in [0, 0.1) is 17.2 Å². The van der Waals surface area contributed by atoms with E-state index in [0.29, 0.717) is 12.1 Å². The lowest BCUT2D eigenvalue weighted by Gasteiger charge is -2.30. The number of halogens is 6. The molecule has 2 saturated heterocycles. The Hall–Kier alpha value is -3.11. The number of benzene rings is 1. The number of carbonyl (C=O) groups excluding carboxylic acids is 1. The average molecular weight is 502 g/mol. The number of fused-ring (bicyclic) bond motifs is 2. The molecule has 35 heavy (non-hydrogen) atoms. The van der Waals surface area contributed by atoms with E-state index < -0.39 is 71.4 Å². The highest BCUT2D eigenvalue weighted by Crippen LogP contribution is 2.51. The second-order valence-electron chi connectivity index (χ2n) is 8.86. The molecule has 2 N–H and O–H groups in total. The lowest BCUT2D eigenvalue weighted by atomic mass is 9.73. The van der Waals surface area contributed by atoms with Crippen LogP contribution in [0.3, 0.4) is 0 Å². The molecule has 1 aromatic heterocycles. The number of rotatable bonds is 4. The second-order valence-corrected chi connectivity index (χ2v) is 8.86. The third kappa shape index (κ3) is 4.48. The van der Waals surface area contributed by atoms with Crippen molar-refractivity contribution in [1.82, 2.24) is 9.78 Å². The summed E-state index contributed by atoms with van der Waals surface area (Å²) in [4.78, 5) is 13.3. The van der Waals surface area contributed by atoms with E-state index >= 15 is 0 Å². The van der Waals surface area contributed by atoms with Crippen molar-refractivity contribution in [2.75, 3.05) is 5.32 Å². The Balaban J connectivity index is 1.74. The van der Waals surface area contributed by atoms with Crippen LogP contribution in [-0.2, 0) is 21.9 Å². The van der Waals surface area contributed by atoms with Gasteiger partial charge in [-0.3, -0.25) is 9.48 Å².